The minimum atomic E-state index is 0.366. The van der Waals surface area contributed by atoms with Crippen LogP contribution in [-0.4, -0.2) is 25.3 Å². The first-order valence-corrected chi connectivity index (χ1v) is 6.69. The smallest absolute Gasteiger partial charge is 0.0689 e. The lowest BCUT2D eigenvalue weighted by atomic mass is 9.78. The van der Waals surface area contributed by atoms with Crippen LogP contribution in [0.2, 0.25) is 0 Å². The van der Waals surface area contributed by atoms with Crippen molar-refractivity contribution in [2.75, 3.05) is 19.8 Å². The molecule has 1 heterocycles. The fraction of sp³-hybridized carbons (Fsp3) is 0.857. The van der Waals surface area contributed by atoms with Crippen LogP contribution in [0.4, 0.5) is 0 Å². The Morgan fingerprint density at radius 2 is 2.19 bits per heavy atom. The van der Waals surface area contributed by atoms with Crippen LogP contribution in [0.5, 0.6) is 0 Å². The van der Waals surface area contributed by atoms with E-state index in [1.807, 2.05) is 0 Å². The van der Waals surface area contributed by atoms with Crippen molar-refractivity contribution in [2.45, 2.75) is 51.5 Å². The Morgan fingerprint density at radius 3 is 2.81 bits per heavy atom. The molecule has 0 unspecified atom stereocenters. The quantitative estimate of drug-likeness (QED) is 0.743. The SMILES string of the molecule is CC1CCC(C)(NCC2=CCCOC2)CC1. The lowest BCUT2D eigenvalue weighted by molar-refractivity contribution is 0.145. The van der Waals surface area contributed by atoms with Crippen molar-refractivity contribution in [3.05, 3.63) is 11.6 Å². The summed E-state index contributed by atoms with van der Waals surface area (Å²) < 4.78 is 5.46. The maximum Gasteiger partial charge on any atom is 0.0689 e. The van der Waals surface area contributed by atoms with Crippen LogP contribution in [0.25, 0.3) is 0 Å². The van der Waals surface area contributed by atoms with E-state index in [2.05, 4.69) is 25.2 Å². The van der Waals surface area contributed by atoms with Crippen molar-refractivity contribution in [2.24, 2.45) is 5.92 Å². The molecular formula is C14H25NO. The zero-order valence-electron chi connectivity index (χ0n) is 10.7. The fourth-order valence-corrected chi connectivity index (χ4v) is 2.63. The largest absolute Gasteiger partial charge is 0.377 e. The van der Waals surface area contributed by atoms with Gasteiger partial charge in [0, 0.05) is 12.1 Å². The third kappa shape index (κ3) is 3.33. The molecule has 1 aliphatic heterocycles. The van der Waals surface area contributed by atoms with Crippen molar-refractivity contribution in [1.82, 2.24) is 5.32 Å². The van der Waals surface area contributed by atoms with Gasteiger partial charge in [-0.2, -0.15) is 0 Å². The monoisotopic (exact) mass is 223 g/mol. The van der Waals surface area contributed by atoms with Crippen molar-refractivity contribution in [1.29, 1.82) is 0 Å². The van der Waals surface area contributed by atoms with E-state index in [4.69, 9.17) is 4.74 Å². The normalized spacial score (nSPS) is 35.9. The summed E-state index contributed by atoms with van der Waals surface area (Å²) in [5, 5.41) is 3.74. The first-order chi connectivity index (χ1) is 7.68. The van der Waals surface area contributed by atoms with Gasteiger partial charge in [-0.25, -0.2) is 0 Å². The Balaban J connectivity index is 1.78. The summed E-state index contributed by atoms with van der Waals surface area (Å²) in [4.78, 5) is 0. The number of ether oxygens (including phenoxy) is 1. The van der Waals surface area contributed by atoms with Gasteiger partial charge in [0.05, 0.1) is 13.2 Å². The standard InChI is InChI=1S/C14H25NO/c1-12-5-7-14(2,8-6-12)15-10-13-4-3-9-16-11-13/h4,12,15H,3,5-11H2,1-2H3. The maximum atomic E-state index is 5.46. The van der Waals surface area contributed by atoms with Crippen molar-refractivity contribution < 1.29 is 4.74 Å². The van der Waals surface area contributed by atoms with Crippen LogP contribution in [-0.2, 0) is 4.74 Å². The summed E-state index contributed by atoms with van der Waals surface area (Å²) in [6.07, 6.45) is 8.82. The summed E-state index contributed by atoms with van der Waals surface area (Å²) in [6, 6.07) is 0. The molecule has 0 radical (unpaired) electrons. The molecule has 92 valence electrons. The topological polar surface area (TPSA) is 21.3 Å². The minimum absolute atomic E-state index is 0.366. The van der Waals surface area contributed by atoms with Gasteiger partial charge >= 0.3 is 0 Å². The Morgan fingerprint density at radius 1 is 1.44 bits per heavy atom. The summed E-state index contributed by atoms with van der Waals surface area (Å²) in [7, 11) is 0. The van der Waals surface area contributed by atoms with Gasteiger partial charge in [-0.1, -0.05) is 13.0 Å². The second kappa shape index (κ2) is 5.33. The Hall–Kier alpha value is -0.340. The zero-order chi connectivity index (χ0) is 11.4. The van der Waals surface area contributed by atoms with Gasteiger partial charge in [0.2, 0.25) is 0 Å². The molecule has 0 atom stereocenters. The van der Waals surface area contributed by atoms with Crippen molar-refractivity contribution in [3.8, 4) is 0 Å². The third-order valence-electron chi connectivity index (χ3n) is 4.10. The van der Waals surface area contributed by atoms with E-state index in [0.29, 0.717) is 5.54 Å². The highest BCUT2D eigenvalue weighted by Gasteiger charge is 2.28. The summed E-state index contributed by atoms with van der Waals surface area (Å²) in [5.41, 5.74) is 1.80. The molecule has 2 rings (SSSR count). The first-order valence-electron chi connectivity index (χ1n) is 6.69. The molecule has 2 nitrogen and oxygen atoms in total. The summed E-state index contributed by atoms with van der Waals surface area (Å²) >= 11 is 0. The molecule has 0 aromatic rings. The predicted molar refractivity (Wildman–Crippen MR) is 67.6 cm³/mol. The predicted octanol–water partition coefficient (Wildman–Crippen LogP) is 2.89. The molecule has 0 aromatic heterocycles. The van der Waals surface area contributed by atoms with E-state index in [0.717, 1.165) is 32.1 Å². The van der Waals surface area contributed by atoms with Gasteiger partial charge in [0.15, 0.2) is 0 Å². The third-order valence-corrected chi connectivity index (χ3v) is 4.10. The van der Waals surface area contributed by atoms with Gasteiger partial charge in [0.25, 0.3) is 0 Å². The van der Waals surface area contributed by atoms with Gasteiger partial charge < -0.3 is 10.1 Å². The van der Waals surface area contributed by atoms with E-state index in [1.54, 1.807) is 0 Å². The molecule has 16 heavy (non-hydrogen) atoms. The average molecular weight is 223 g/mol. The summed E-state index contributed by atoms with van der Waals surface area (Å²) in [6.45, 7) is 7.50. The molecule has 0 spiro atoms. The zero-order valence-corrected chi connectivity index (χ0v) is 10.7. The number of rotatable bonds is 3. The molecule has 1 saturated carbocycles. The lowest BCUT2D eigenvalue weighted by Gasteiger charge is -2.37. The highest BCUT2D eigenvalue weighted by atomic mass is 16.5. The second-order valence-electron chi connectivity index (χ2n) is 5.80. The van der Waals surface area contributed by atoms with Crippen LogP contribution in [0.1, 0.15) is 46.0 Å². The van der Waals surface area contributed by atoms with Gasteiger partial charge in [-0.15, -0.1) is 0 Å². The van der Waals surface area contributed by atoms with E-state index in [-0.39, 0.29) is 0 Å². The van der Waals surface area contributed by atoms with Crippen LogP contribution in [0.15, 0.2) is 11.6 Å². The Bertz CT molecular complexity index is 251. The first kappa shape index (κ1) is 12.1. The molecule has 1 fully saturated rings. The van der Waals surface area contributed by atoms with Crippen molar-refractivity contribution >= 4 is 0 Å². The van der Waals surface area contributed by atoms with Gasteiger partial charge in [0.1, 0.15) is 0 Å². The molecule has 1 aliphatic carbocycles. The second-order valence-corrected chi connectivity index (χ2v) is 5.80. The van der Waals surface area contributed by atoms with E-state index < -0.39 is 0 Å². The maximum absolute atomic E-state index is 5.46. The van der Waals surface area contributed by atoms with Crippen LogP contribution >= 0.6 is 0 Å². The van der Waals surface area contributed by atoms with E-state index in [1.165, 1.54) is 31.3 Å². The molecule has 0 bridgehead atoms. The molecular weight excluding hydrogens is 198 g/mol. The number of nitrogens with one attached hydrogen (secondary N) is 1. The molecule has 2 aliphatic rings. The lowest BCUT2D eigenvalue weighted by Crippen LogP contribution is -2.46. The van der Waals surface area contributed by atoms with Crippen LogP contribution in [0, 0.1) is 5.92 Å². The highest BCUT2D eigenvalue weighted by molar-refractivity contribution is 5.08. The molecule has 0 saturated heterocycles. The van der Waals surface area contributed by atoms with Gasteiger partial charge in [-0.05, 0) is 50.5 Å². The van der Waals surface area contributed by atoms with Crippen molar-refractivity contribution in [3.63, 3.8) is 0 Å². The van der Waals surface area contributed by atoms with E-state index in [9.17, 15) is 0 Å². The molecule has 0 amide bonds. The van der Waals surface area contributed by atoms with Gasteiger partial charge in [-0.3, -0.25) is 0 Å². The molecule has 0 aromatic carbocycles. The fourth-order valence-electron chi connectivity index (χ4n) is 2.63. The number of hydrogen-bond acceptors (Lipinski definition) is 2. The summed E-state index contributed by atoms with van der Waals surface area (Å²) in [5.74, 6) is 0.923. The number of hydrogen-bond donors (Lipinski definition) is 1. The Kier molecular flexibility index (Phi) is 4.04. The molecule has 1 N–H and O–H groups in total. The average Bonchev–Trinajstić information content (AvgIpc) is 2.33. The minimum Gasteiger partial charge on any atom is -0.377 e. The Labute approximate surface area is 99.4 Å². The van der Waals surface area contributed by atoms with Crippen LogP contribution in [0.3, 0.4) is 0 Å². The molecule has 2 heteroatoms. The van der Waals surface area contributed by atoms with E-state index >= 15 is 0 Å². The van der Waals surface area contributed by atoms with Crippen LogP contribution < -0.4 is 5.32 Å². The highest BCUT2D eigenvalue weighted by Crippen LogP contribution is 2.31.